The van der Waals surface area contributed by atoms with Crippen LogP contribution in [0.2, 0.25) is 0 Å². The van der Waals surface area contributed by atoms with Crippen molar-refractivity contribution in [1.29, 1.82) is 0 Å². The molecule has 2 aromatic carbocycles. The van der Waals surface area contributed by atoms with Gasteiger partial charge in [-0.3, -0.25) is 9.10 Å². The van der Waals surface area contributed by atoms with Crippen LogP contribution in [-0.4, -0.2) is 33.2 Å². The third kappa shape index (κ3) is 5.29. The summed E-state index contributed by atoms with van der Waals surface area (Å²) in [5.41, 5.74) is 1.19. The zero-order valence-electron chi connectivity index (χ0n) is 14.1. The van der Waals surface area contributed by atoms with Crippen molar-refractivity contribution in [3.05, 3.63) is 66.0 Å². The number of hydrogen-bond donors (Lipinski definition) is 1. The van der Waals surface area contributed by atoms with Crippen molar-refractivity contribution in [3.63, 3.8) is 0 Å². The van der Waals surface area contributed by atoms with Crippen molar-refractivity contribution < 1.29 is 17.6 Å². The fourth-order valence-electron chi connectivity index (χ4n) is 2.54. The van der Waals surface area contributed by atoms with E-state index in [-0.39, 0.29) is 5.69 Å². The van der Waals surface area contributed by atoms with Gasteiger partial charge in [0.25, 0.3) is 0 Å². The normalized spacial score (nSPS) is 12.4. The Bertz CT molecular complexity index is 825. The number of benzene rings is 2. The first-order valence-electron chi connectivity index (χ1n) is 7.85. The second-order valence-electron chi connectivity index (χ2n) is 5.74. The Kier molecular flexibility index (Phi) is 6.14. The molecule has 0 spiro atoms. The fraction of sp³-hybridized carbons (Fsp3) is 0.278. The average molecular weight is 364 g/mol. The quantitative estimate of drug-likeness (QED) is 0.820. The van der Waals surface area contributed by atoms with Crippen LogP contribution in [0.1, 0.15) is 12.5 Å². The molecule has 7 heteroatoms. The van der Waals surface area contributed by atoms with Gasteiger partial charge >= 0.3 is 0 Å². The van der Waals surface area contributed by atoms with Crippen molar-refractivity contribution in [2.45, 2.75) is 19.4 Å². The van der Waals surface area contributed by atoms with Crippen LogP contribution in [0.5, 0.6) is 0 Å². The van der Waals surface area contributed by atoms with E-state index in [4.69, 9.17) is 0 Å². The highest BCUT2D eigenvalue weighted by atomic mass is 32.2. The third-order valence-electron chi connectivity index (χ3n) is 3.71. The van der Waals surface area contributed by atoms with E-state index in [2.05, 4.69) is 5.32 Å². The molecule has 25 heavy (non-hydrogen) atoms. The van der Waals surface area contributed by atoms with E-state index in [0.29, 0.717) is 13.0 Å². The molecule has 0 fully saturated rings. The maximum atomic E-state index is 13.4. The lowest BCUT2D eigenvalue weighted by Gasteiger charge is -2.28. The molecule has 0 saturated carbocycles. The summed E-state index contributed by atoms with van der Waals surface area (Å²) >= 11 is 0. The number of rotatable bonds is 7. The molecule has 0 unspecified atom stereocenters. The van der Waals surface area contributed by atoms with Crippen molar-refractivity contribution in [1.82, 2.24) is 5.32 Å². The van der Waals surface area contributed by atoms with Gasteiger partial charge in [-0.1, -0.05) is 36.4 Å². The van der Waals surface area contributed by atoms with Crippen LogP contribution < -0.4 is 9.62 Å². The minimum atomic E-state index is -3.75. The topological polar surface area (TPSA) is 66.5 Å². The maximum absolute atomic E-state index is 13.4. The molecule has 0 saturated heterocycles. The lowest BCUT2D eigenvalue weighted by Crippen LogP contribution is -2.48. The number of nitrogens with zero attached hydrogens (tertiary/aromatic N) is 1. The first kappa shape index (κ1) is 18.9. The number of nitrogens with one attached hydrogen (secondary N) is 1. The van der Waals surface area contributed by atoms with Gasteiger partial charge in [0.1, 0.15) is 11.9 Å². The molecule has 0 aliphatic heterocycles. The zero-order chi connectivity index (χ0) is 18.4. The Morgan fingerprint density at radius 1 is 1.16 bits per heavy atom. The van der Waals surface area contributed by atoms with E-state index in [1.165, 1.54) is 25.1 Å². The molecule has 5 nitrogen and oxygen atoms in total. The summed E-state index contributed by atoms with van der Waals surface area (Å²) in [6.45, 7) is 1.86. The number of amides is 1. The van der Waals surface area contributed by atoms with Crippen molar-refractivity contribution in [3.8, 4) is 0 Å². The van der Waals surface area contributed by atoms with Gasteiger partial charge in [0.2, 0.25) is 15.9 Å². The number of carbonyl (C=O) groups excluding carboxylic acids is 1. The van der Waals surface area contributed by atoms with Crippen LogP contribution in [0.3, 0.4) is 0 Å². The van der Waals surface area contributed by atoms with Gasteiger partial charge in [-0.15, -0.1) is 0 Å². The molecule has 1 atom stereocenters. The minimum Gasteiger partial charge on any atom is -0.354 e. The Labute approximate surface area is 147 Å². The summed E-state index contributed by atoms with van der Waals surface area (Å²) in [4.78, 5) is 12.4. The number of hydrogen-bond acceptors (Lipinski definition) is 3. The Hall–Kier alpha value is -2.41. The molecular formula is C18H21FN2O3S. The van der Waals surface area contributed by atoms with Crippen LogP contribution in [0.4, 0.5) is 10.1 Å². The van der Waals surface area contributed by atoms with Crippen LogP contribution >= 0.6 is 0 Å². The van der Waals surface area contributed by atoms with E-state index in [1.54, 1.807) is 0 Å². The first-order valence-corrected chi connectivity index (χ1v) is 9.70. The molecule has 1 N–H and O–H groups in total. The van der Waals surface area contributed by atoms with Gasteiger partial charge in [0.15, 0.2) is 0 Å². The van der Waals surface area contributed by atoms with Crippen molar-refractivity contribution in [2.24, 2.45) is 0 Å². The number of anilines is 1. The highest BCUT2D eigenvalue weighted by Gasteiger charge is 2.29. The predicted molar refractivity (Wildman–Crippen MR) is 96.3 cm³/mol. The zero-order valence-corrected chi connectivity index (χ0v) is 15.0. The number of sulfonamides is 1. The van der Waals surface area contributed by atoms with Gasteiger partial charge in [0.05, 0.1) is 11.9 Å². The SMILES string of the molecule is C[C@H](C(=O)NCCc1ccccc1)N(c1cccc(F)c1)S(C)(=O)=O. The lowest BCUT2D eigenvalue weighted by atomic mass is 10.1. The lowest BCUT2D eigenvalue weighted by molar-refractivity contribution is -0.121. The molecule has 0 bridgehead atoms. The van der Waals surface area contributed by atoms with E-state index >= 15 is 0 Å². The highest BCUT2D eigenvalue weighted by Crippen LogP contribution is 2.21. The van der Waals surface area contributed by atoms with Crippen LogP contribution in [0.25, 0.3) is 0 Å². The standard InChI is InChI=1S/C18H21FN2O3S/c1-14(18(22)20-12-11-15-7-4-3-5-8-15)21(25(2,23)24)17-10-6-9-16(19)13-17/h3-10,13-14H,11-12H2,1-2H3,(H,20,22)/t14-/m1/s1. The monoisotopic (exact) mass is 364 g/mol. The molecule has 1 amide bonds. The summed E-state index contributed by atoms with van der Waals surface area (Å²) in [5, 5.41) is 2.73. The number of halogens is 1. The molecule has 0 aliphatic rings. The Morgan fingerprint density at radius 2 is 1.84 bits per heavy atom. The predicted octanol–water partition coefficient (Wildman–Crippen LogP) is 2.34. The largest absolute Gasteiger partial charge is 0.354 e. The van der Waals surface area contributed by atoms with E-state index < -0.39 is 27.8 Å². The highest BCUT2D eigenvalue weighted by molar-refractivity contribution is 7.92. The summed E-state index contributed by atoms with van der Waals surface area (Å²) < 4.78 is 38.6. The van der Waals surface area contributed by atoms with Crippen LogP contribution in [0.15, 0.2) is 54.6 Å². The molecule has 0 heterocycles. The first-order chi connectivity index (χ1) is 11.8. The van der Waals surface area contributed by atoms with E-state index in [1.807, 2.05) is 30.3 Å². The van der Waals surface area contributed by atoms with Crippen LogP contribution in [0, 0.1) is 5.82 Å². The summed E-state index contributed by atoms with van der Waals surface area (Å²) in [6, 6.07) is 13.8. The molecule has 0 aliphatic carbocycles. The minimum absolute atomic E-state index is 0.119. The third-order valence-corrected chi connectivity index (χ3v) is 4.95. The molecule has 0 aromatic heterocycles. The van der Waals surface area contributed by atoms with Gasteiger partial charge in [0, 0.05) is 6.54 Å². The second kappa shape index (κ2) is 8.11. The van der Waals surface area contributed by atoms with Gasteiger partial charge in [-0.25, -0.2) is 12.8 Å². The number of carbonyl (C=O) groups is 1. The smallest absolute Gasteiger partial charge is 0.243 e. The molecular weight excluding hydrogens is 343 g/mol. The second-order valence-corrected chi connectivity index (χ2v) is 7.60. The van der Waals surface area contributed by atoms with E-state index in [0.717, 1.165) is 22.2 Å². The van der Waals surface area contributed by atoms with Gasteiger partial charge in [-0.2, -0.15) is 0 Å². The van der Waals surface area contributed by atoms with Crippen molar-refractivity contribution in [2.75, 3.05) is 17.1 Å². The van der Waals surface area contributed by atoms with Gasteiger partial charge in [-0.05, 0) is 37.1 Å². The molecule has 0 radical (unpaired) electrons. The van der Waals surface area contributed by atoms with Crippen LogP contribution in [-0.2, 0) is 21.2 Å². The summed E-state index contributed by atoms with van der Waals surface area (Å²) in [7, 11) is -3.75. The maximum Gasteiger partial charge on any atom is 0.243 e. The van der Waals surface area contributed by atoms with Gasteiger partial charge < -0.3 is 5.32 Å². The molecule has 2 aromatic rings. The Balaban J connectivity index is 2.08. The Morgan fingerprint density at radius 3 is 2.44 bits per heavy atom. The molecule has 2 rings (SSSR count). The van der Waals surface area contributed by atoms with Crippen molar-refractivity contribution >= 4 is 21.6 Å². The fourth-order valence-corrected chi connectivity index (χ4v) is 3.71. The molecule has 134 valence electrons. The average Bonchev–Trinajstić information content (AvgIpc) is 2.54. The van der Waals surface area contributed by atoms with E-state index in [9.17, 15) is 17.6 Å². The summed E-state index contributed by atoms with van der Waals surface area (Å²) in [5.74, 6) is -1.01. The summed E-state index contributed by atoms with van der Waals surface area (Å²) in [6.07, 6.45) is 1.63.